The van der Waals surface area contributed by atoms with Gasteiger partial charge >= 0.3 is 0 Å². The first-order valence-electron chi connectivity index (χ1n) is 6.56. The zero-order valence-corrected chi connectivity index (χ0v) is 11.3. The number of nitrogens with one attached hydrogen (secondary N) is 2. The molecule has 1 saturated carbocycles. The topological polar surface area (TPSA) is 36.4 Å². The monoisotopic (exact) mass is 225 g/mol. The number of aliphatic imine (C=N–C) groups is 1. The van der Waals surface area contributed by atoms with Gasteiger partial charge in [-0.25, -0.2) is 0 Å². The van der Waals surface area contributed by atoms with Gasteiger partial charge in [0.15, 0.2) is 5.96 Å². The molecule has 0 aromatic carbocycles. The van der Waals surface area contributed by atoms with E-state index in [-0.39, 0.29) is 0 Å². The predicted molar refractivity (Wildman–Crippen MR) is 70.8 cm³/mol. The van der Waals surface area contributed by atoms with Crippen molar-refractivity contribution in [1.82, 2.24) is 10.6 Å². The van der Waals surface area contributed by atoms with Crippen LogP contribution in [0.5, 0.6) is 0 Å². The molecule has 1 fully saturated rings. The van der Waals surface area contributed by atoms with Crippen molar-refractivity contribution in [3.63, 3.8) is 0 Å². The molecule has 2 N–H and O–H groups in total. The molecular formula is C13H27N3. The number of hydrogen-bond acceptors (Lipinski definition) is 1. The minimum absolute atomic E-state index is 0.551. The molecule has 16 heavy (non-hydrogen) atoms. The van der Waals surface area contributed by atoms with Crippen LogP contribution >= 0.6 is 0 Å². The van der Waals surface area contributed by atoms with Crippen molar-refractivity contribution in [2.45, 2.75) is 46.5 Å². The van der Waals surface area contributed by atoms with Gasteiger partial charge in [0.05, 0.1) is 0 Å². The van der Waals surface area contributed by atoms with Crippen LogP contribution in [0.2, 0.25) is 0 Å². The molecule has 1 aliphatic rings. The van der Waals surface area contributed by atoms with E-state index in [1.54, 1.807) is 0 Å². The van der Waals surface area contributed by atoms with Crippen LogP contribution in [-0.4, -0.2) is 26.1 Å². The summed E-state index contributed by atoms with van der Waals surface area (Å²) in [4.78, 5) is 4.25. The summed E-state index contributed by atoms with van der Waals surface area (Å²) in [5.41, 5.74) is 0.551. The van der Waals surface area contributed by atoms with Crippen molar-refractivity contribution in [3.05, 3.63) is 0 Å². The quantitative estimate of drug-likeness (QED) is 0.557. The van der Waals surface area contributed by atoms with E-state index in [2.05, 4.69) is 36.4 Å². The lowest BCUT2D eigenvalue weighted by Crippen LogP contribution is -2.46. The number of nitrogens with zero attached hydrogens (tertiary/aromatic N) is 1. The Morgan fingerprint density at radius 3 is 2.38 bits per heavy atom. The molecule has 0 amide bonds. The van der Waals surface area contributed by atoms with Gasteiger partial charge in [-0.15, -0.1) is 0 Å². The van der Waals surface area contributed by atoms with Crippen LogP contribution in [0.4, 0.5) is 0 Å². The molecule has 0 aromatic heterocycles. The molecule has 0 radical (unpaired) electrons. The highest BCUT2D eigenvalue weighted by Crippen LogP contribution is 2.42. The highest BCUT2D eigenvalue weighted by molar-refractivity contribution is 5.79. The van der Waals surface area contributed by atoms with Crippen LogP contribution < -0.4 is 10.6 Å². The normalized spacial score (nSPS) is 19.4. The smallest absolute Gasteiger partial charge is 0.191 e. The second-order valence-electron chi connectivity index (χ2n) is 5.41. The van der Waals surface area contributed by atoms with Crippen LogP contribution in [0.1, 0.15) is 46.5 Å². The first-order chi connectivity index (χ1) is 7.62. The molecule has 0 atom stereocenters. The predicted octanol–water partition coefficient (Wildman–Crippen LogP) is 2.39. The van der Waals surface area contributed by atoms with Crippen molar-refractivity contribution in [1.29, 1.82) is 0 Å². The maximum atomic E-state index is 4.25. The second kappa shape index (κ2) is 6.12. The van der Waals surface area contributed by atoms with Crippen molar-refractivity contribution < 1.29 is 0 Å². The lowest BCUT2D eigenvalue weighted by molar-refractivity contribution is 0.131. The van der Waals surface area contributed by atoms with Gasteiger partial charge in [0, 0.05) is 20.1 Å². The third-order valence-electron chi connectivity index (χ3n) is 3.70. The van der Waals surface area contributed by atoms with Crippen molar-refractivity contribution in [2.24, 2.45) is 16.3 Å². The van der Waals surface area contributed by atoms with Gasteiger partial charge in [0.2, 0.25) is 0 Å². The van der Waals surface area contributed by atoms with Crippen LogP contribution in [0.15, 0.2) is 4.99 Å². The summed E-state index contributed by atoms with van der Waals surface area (Å²) in [6.07, 6.45) is 5.42. The first kappa shape index (κ1) is 13.3. The minimum Gasteiger partial charge on any atom is -0.356 e. The molecule has 0 unspecified atom stereocenters. The highest BCUT2D eigenvalue weighted by atomic mass is 15.2. The van der Waals surface area contributed by atoms with Gasteiger partial charge in [0.1, 0.15) is 0 Å². The highest BCUT2D eigenvalue weighted by Gasteiger charge is 2.34. The third kappa shape index (κ3) is 3.69. The second-order valence-corrected chi connectivity index (χ2v) is 5.41. The molecule has 94 valence electrons. The minimum atomic E-state index is 0.551. The Morgan fingerprint density at radius 1 is 1.31 bits per heavy atom. The molecule has 1 aliphatic carbocycles. The van der Waals surface area contributed by atoms with E-state index in [1.807, 2.05) is 7.05 Å². The fraction of sp³-hybridized carbons (Fsp3) is 0.923. The van der Waals surface area contributed by atoms with E-state index < -0.39 is 0 Å². The van der Waals surface area contributed by atoms with Gasteiger partial charge in [-0.1, -0.05) is 27.2 Å². The Hall–Kier alpha value is -0.730. The molecule has 3 heteroatoms. The Balaban J connectivity index is 2.28. The Kier molecular flexibility index (Phi) is 5.10. The van der Waals surface area contributed by atoms with Crippen LogP contribution in [0, 0.1) is 11.3 Å². The number of guanidine groups is 1. The van der Waals surface area contributed by atoms with Crippen molar-refractivity contribution in [2.75, 3.05) is 20.1 Å². The fourth-order valence-electron chi connectivity index (χ4n) is 2.12. The molecular weight excluding hydrogens is 198 g/mol. The standard InChI is InChI=1S/C13H27N3/c1-5-13(7-6-8-13)10-16-12(14-4)15-9-11(2)3/h11H,5-10H2,1-4H3,(H2,14,15,16). The average molecular weight is 225 g/mol. The van der Waals surface area contributed by atoms with Crippen molar-refractivity contribution >= 4 is 5.96 Å². The van der Waals surface area contributed by atoms with E-state index in [0.717, 1.165) is 19.0 Å². The summed E-state index contributed by atoms with van der Waals surface area (Å²) in [6.45, 7) is 8.77. The van der Waals surface area contributed by atoms with Gasteiger partial charge in [-0.05, 0) is 30.6 Å². The first-order valence-corrected chi connectivity index (χ1v) is 6.56. The van der Waals surface area contributed by atoms with Crippen molar-refractivity contribution in [3.8, 4) is 0 Å². The Morgan fingerprint density at radius 2 is 2.00 bits per heavy atom. The van der Waals surface area contributed by atoms with Crippen LogP contribution in [0.3, 0.4) is 0 Å². The molecule has 0 heterocycles. The summed E-state index contributed by atoms with van der Waals surface area (Å²) in [7, 11) is 1.84. The van der Waals surface area contributed by atoms with Gasteiger partial charge < -0.3 is 10.6 Å². The molecule has 0 bridgehead atoms. The summed E-state index contributed by atoms with van der Waals surface area (Å²) in [5.74, 6) is 1.61. The number of hydrogen-bond donors (Lipinski definition) is 2. The summed E-state index contributed by atoms with van der Waals surface area (Å²) in [6, 6.07) is 0. The maximum absolute atomic E-state index is 4.25. The SMILES string of the molecule is CCC1(CNC(=NC)NCC(C)C)CCC1. The van der Waals surface area contributed by atoms with E-state index >= 15 is 0 Å². The number of rotatable bonds is 5. The Labute approximate surface area is 100 Å². The summed E-state index contributed by atoms with van der Waals surface area (Å²) >= 11 is 0. The molecule has 0 aliphatic heterocycles. The molecule has 0 spiro atoms. The lowest BCUT2D eigenvalue weighted by Gasteiger charge is -2.41. The average Bonchev–Trinajstić information content (AvgIpc) is 2.21. The summed E-state index contributed by atoms with van der Waals surface area (Å²) in [5, 5.41) is 6.81. The summed E-state index contributed by atoms with van der Waals surface area (Å²) < 4.78 is 0. The molecule has 1 rings (SSSR count). The largest absolute Gasteiger partial charge is 0.356 e. The Bertz CT molecular complexity index is 224. The molecule has 0 aromatic rings. The van der Waals surface area contributed by atoms with E-state index in [4.69, 9.17) is 0 Å². The molecule has 0 saturated heterocycles. The van der Waals surface area contributed by atoms with E-state index in [0.29, 0.717) is 11.3 Å². The third-order valence-corrected chi connectivity index (χ3v) is 3.70. The van der Waals surface area contributed by atoms with Crippen LogP contribution in [-0.2, 0) is 0 Å². The van der Waals surface area contributed by atoms with Crippen LogP contribution in [0.25, 0.3) is 0 Å². The fourth-order valence-corrected chi connectivity index (χ4v) is 2.12. The van der Waals surface area contributed by atoms with E-state index in [9.17, 15) is 0 Å². The maximum Gasteiger partial charge on any atom is 0.191 e. The molecule has 3 nitrogen and oxygen atoms in total. The van der Waals surface area contributed by atoms with Gasteiger partial charge in [-0.2, -0.15) is 0 Å². The zero-order valence-electron chi connectivity index (χ0n) is 11.3. The van der Waals surface area contributed by atoms with Gasteiger partial charge in [-0.3, -0.25) is 4.99 Å². The van der Waals surface area contributed by atoms with Gasteiger partial charge in [0.25, 0.3) is 0 Å². The lowest BCUT2D eigenvalue weighted by atomic mass is 9.67. The zero-order chi connectivity index (χ0) is 12.0. The van der Waals surface area contributed by atoms with E-state index in [1.165, 1.54) is 25.7 Å².